The molecule has 0 radical (unpaired) electrons. The number of amides is 1. The quantitative estimate of drug-likeness (QED) is 0.447. The fraction of sp³-hybridized carbons (Fsp3) is 0.273. The number of nitrogens with two attached hydrogens (primary N) is 1. The lowest BCUT2D eigenvalue weighted by atomic mass is 10.1. The SMILES string of the molecule is Nc1nc(-c2ccc(NC(=O)[C@H](Cc3ccccc3)NS(=O)(=O)N3CCOCC3)cc2)cs1. The van der Waals surface area contributed by atoms with Gasteiger partial charge in [0.25, 0.3) is 10.2 Å². The van der Waals surface area contributed by atoms with Crippen LogP contribution < -0.4 is 15.8 Å². The van der Waals surface area contributed by atoms with Crippen molar-refractivity contribution in [2.24, 2.45) is 0 Å². The topological polar surface area (TPSA) is 127 Å². The van der Waals surface area contributed by atoms with Crippen LogP contribution in [-0.4, -0.2) is 56.0 Å². The molecule has 9 nitrogen and oxygen atoms in total. The van der Waals surface area contributed by atoms with Crippen LogP contribution in [0.4, 0.5) is 10.8 Å². The molecular weight excluding hydrogens is 462 g/mol. The van der Waals surface area contributed by atoms with Crippen LogP contribution in [0.3, 0.4) is 0 Å². The van der Waals surface area contributed by atoms with Crippen molar-refractivity contribution < 1.29 is 17.9 Å². The third-order valence-corrected chi connectivity index (χ3v) is 7.47. The highest BCUT2D eigenvalue weighted by molar-refractivity contribution is 7.87. The number of nitrogens with zero attached hydrogens (tertiary/aromatic N) is 2. The summed E-state index contributed by atoms with van der Waals surface area (Å²) in [7, 11) is -3.86. The second-order valence-corrected chi connectivity index (χ2v) is 10.1. The van der Waals surface area contributed by atoms with E-state index in [2.05, 4.69) is 15.0 Å². The number of hydrogen-bond acceptors (Lipinski definition) is 7. The van der Waals surface area contributed by atoms with Crippen molar-refractivity contribution in [3.05, 3.63) is 65.5 Å². The molecule has 0 unspecified atom stereocenters. The van der Waals surface area contributed by atoms with E-state index in [1.54, 1.807) is 12.1 Å². The average molecular weight is 488 g/mol. The molecule has 0 aliphatic carbocycles. The van der Waals surface area contributed by atoms with Crippen molar-refractivity contribution in [1.82, 2.24) is 14.0 Å². The predicted molar refractivity (Wildman–Crippen MR) is 129 cm³/mol. The summed E-state index contributed by atoms with van der Waals surface area (Å²) in [6.45, 7) is 1.15. The van der Waals surface area contributed by atoms with Crippen molar-refractivity contribution >= 4 is 38.3 Å². The van der Waals surface area contributed by atoms with E-state index in [1.807, 2.05) is 47.8 Å². The number of carbonyl (C=O) groups is 1. The molecule has 4 rings (SSSR count). The first kappa shape index (κ1) is 23.3. The van der Waals surface area contributed by atoms with E-state index in [4.69, 9.17) is 10.5 Å². The van der Waals surface area contributed by atoms with Crippen molar-refractivity contribution in [3.8, 4) is 11.3 Å². The molecule has 1 aromatic heterocycles. The van der Waals surface area contributed by atoms with Crippen LogP contribution in [0.25, 0.3) is 11.3 Å². The van der Waals surface area contributed by atoms with Gasteiger partial charge in [0.05, 0.1) is 18.9 Å². The van der Waals surface area contributed by atoms with Crippen LogP contribution in [0.15, 0.2) is 60.0 Å². The molecular formula is C22H25N5O4S2. The molecule has 11 heteroatoms. The fourth-order valence-corrected chi connectivity index (χ4v) is 5.35. The third kappa shape index (κ3) is 6.15. The molecule has 174 valence electrons. The first-order chi connectivity index (χ1) is 15.9. The Hall–Kier alpha value is -2.83. The number of aromatic nitrogens is 1. The van der Waals surface area contributed by atoms with Crippen LogP contribution in [0.2, 0.25) is 0 Å². The summed E-state index contributed by atoms with van der Waals surface area (Å²) in [5.74, 6) is -0.443. The second kappa shape index (κ2) is 10.4. The highest BCUT2D eigenvalue weighted by Gasteiger charge is 2.30. The molecule has 2 heterocycles. The van der Waals surface area contributed by atoms with Crippen LogP contribution in [0.1, 0.15) is 5.56 Å². The smallest absolute Gasteiger partial charge is 0.280 e. The summed E-state index contributed by atoms with van der Waals surface area (Å²) in [6, 6.07) is 15.5. The van der Waals surface area contributed by atoms with E-state index >= 15 is 0 Å². The average Bonchev–Trinajstić information content (AvgIpc) is 3.26. The Morgan fingerprint density at radius 3 is 2.45 bits per heavy atom. The van der Waals surface area contributed by atoms with Gasteiger partial charge in [-0.05, 0) is 24.1 Å². The molecule has 1 aliphatic heterocycles. The summed E-state index contributed by atoms with van der Waals surface area (Å²) in [5.41, 5.74) is 8.72. The largest absolute Gasteiger partial charge is 0.379 e. The molecule has 1 aliphatic rings. The predicted octanol–water partition coefficient (Wildman–Crippen LogP) is 2.11. The van der Waals surface area contributed by atoms with E-state index in [0.717, 1.165) is 16.8 Å². The third-order valence-electron chi connectivity index (χ3n) is 5.17. The van der Waals surface area contributed by atoms with Gasteiger partial charge in [-0.1, -0.05) is 42.5 Å². The van der Waals surface area contributed by atoms with Gasteiger partial charge >= 0.3 is 0 Å². The van der Waals surface area contributed by atoms with Gasteiger partial charge < -0.3 is 15.8 Å². The Balaban J connectivity index is 1.50. The highest BCUT2D eigenvalue weighted by Crippen LogP contribution is 2.24. The zero-order chi connectivity index (χ0) is 23.3. The molecule has 3 aromatic rings. The van der Waals surface area contributed by atoms with Gasteiger partial charge in [0.2, 0.25) is 5.91 Å². The zero-order valence-electron chi connectivity index (χ0n) is 17.8. The van der Waals surface area contributed by atoms with Gasteiger partial charge in [-0.3, -0.25) is 4.79 Å². The standard InChI is InChI=1S/C22H25N5O4S2/c23-22-25-20(15-32-22)17-6-8-18(9-7-17)24-21(28)19(14-16-4-2-1-3-5-16)26-33(29,30)27-10-12-31-13-11-27/h1-9,15,19,26H,10-14H2,(H2,23,25)(H,24,28)/t19-/m0/s1. The van der Waals surface area contributed by atoms with Crippen molar-refractivity contribution in [1.29, 1.82) is 0 Å². The number of carbonyl (C=O) groups excluding carboxylic acids is 1. The van der Waals surface area contributed by atoms with Gasteiger partial charge in [-0.15, -0.1) is 11.3 Å². The monoisotopic (exact) mass is 487 g/mol. The van der Waals surface area contributed by atoms with Crippen molar-refractivity contribution in [3.63, 3.8) is 0 Å². The van der Waals surface area contributed by atoms with E-state index in [1.165, 1.54) is 15.6 Å². The number of ether oxygens (including phenoxy) is 1. The number of hydrogen-bond donors (Lipinski definition) is 3. The van der Waals surface area contributed by atoms with Gasteiger partial charge in [-0.25, -0.2) is 4.98 Å². The molecule has 1 saturated heterocycles. The van der Waals surface area contributed by atoms with E-state index < -0.39 is 22.2 Å². The Morgan fingerprint density at radius 2 is 1.82 bits per heavy atom. The van der Waals surface area contributed by atoms with E-state index in [9.17, 15) is 13.2 Å². The molecule has 1 amide bonds. The van der Waals surface area contributed by atoms with Crippen LogP contribution >= 0.6 is 11.3 Å². The molecule has 1 atom stereocenters. The van der Waals surface area contributed by atoms with Crippen molar-refractivity contribution in [2.45, 2.75) is 12.5 Å². The van der Waals surface area contributed by atoms with Crippen LogP contribution in [-0.2, 0) is 26.2 Å². The lowest BCUT2D eigenvalue weighted by Crippen LogP contribution is -2.53. The van der Waals surface area contributed by atoms with Crippen LogP contribution in [0, 0.1) is 0 Å². The van der Waals surface area contributed by atoms with Crippen LogP contribution in [0.5, 0.6) is 0 Å². The maximum Gasteiger partial charge on any atom is 0.280 e. The Kier molecular flexibility index (Phi) is 7.36. The van der Waals surface area contributed by atoms with E-state index in [-0.39, 0.29) is 19.5 Å². The van der Waals surface area contributed by atoms with Crippen molar-refractivity contribution in [2.75, 3.05) is 37.4 Å². The number of rotatable bonds is 8. The Bertz CT molecular complexity index is 1180. The van der Waals surface area contributed by atoms with Gasteiger partial charge in [0, 0.05) is 29.7 Å². The summed E-state index contributed by atoms with van der Waals surface area (Å²) < 4.78 is 34.9. The normalized spacial score (nSPS) is 15.8. The molecule has 0 bridgehead atoms. The Morgan fingerprint density at radius 1 is 1.12 bits per heavy atom. The van der Waals surface area contributed by atoms with Gasteiger partial charge in [0.15, 0.2) is 5.13 Å². The molecule has 0 saturated carbocycles. The maximum absolute atomic E-state index is 13.1. The maximum atomic E-state index is 13.1. The zero-order valence-corrected chi connectivity index (χ0v) is 19.4. The first-order valence-corrected chi connectivity index (χ1v) is 12.7. The summed E-state index contributed by atoms with van der Waals surface area (Å²) in [4.78, 5) is 17.4. The Labute approximate surface area is 196 Å². The van der Waals surface area contributed by atoms with Gasteiger partial charge in [0.1, 0.15) is 6.04 Å². The summed E-state index contributed by atoms with van der Waals surface area (Å²) in [5, 5.41) is 5.17. The van der Waals surface area contributed by atoms with E-state index in [0.29, 0.717) is 24.0 Å². The summed E-state index contributed by atoms with van der Waals surface area (Å²) >= 11 is 1.36. The number of benzene rings is 2. The molecule has 4 N–H and O–H groups in total. The number of anilines is 2. The molecule has 33 heavy (non-hydrogen) atoms. The number of thiazole rings is 1. The minimum Gasteiger partial charge on any atom is -0.379 e. The minimum atomic E-state index is -3.86. The lowest BCUT2D eigenvalue weighted by Gasteiger charge is -2.28. The minimum absolute atomic E-state index is 0.215. The highest BCUT2D eigenvalue weighted by atomic mass is 32.2. The van der Waals surface area contributed by atoms with Gasteiger partial charge in [-0.2, -0.15) is 17.4 Å². The molecule has 0 spiro atoms. The number of nitrogens with one attached hydrogen (secondary N) is 2. The second-order valence-electron chi connectivity index (χ2n) is 7.51. The molecule has 1 fully saturated rings. The molecule has 2 aromatic carbocycles. The first-order valence-electron chi connectivity index (χ1n) is 10.4. The number of morpholine rings is 1. The fourth-order valence-electron chi connectivity index (χ4n) is 3.45. The summed E-state index contributed by atoms with van der Waals surface area (Å²) in [6.07, 6.45) is 0.215. The number of nitrogen functional groups attached to an aromatic ring is 1. The lowest BCUT2D eigenvalue weighted by molar-refractivity contribution is -0.117.